The number of rotatable bonds is 3. The fourth-order valence-electron chi connectivity index (χ4n) is 2.33. The zero-order valence-electron chi connectivity index (χ0n) is 11.8. The Kier molecular flexibility index (Phi) is 3.50. The van der Waals surface area contributed by atoms with Crippen LogP contribution < -0.4 is 10.1 Å². The van der Waals surface area contributed by atoms with E-state index in [2.05, 4.69) is 10.4 Å². The third kappa shape index (κ3) is 2.56. The van der Waals surface area contributed by atoms with Gasteiger partial charge in [0.1, 0.15) is 11.6 Å². The summed E-state index contributed by atoms with van der Waals surface area (Å²) in [5, 5.41) is 7.29. The summed E-state index contributed by atoms with van der Waals surface area (Å²) in [6.07, 6.45) is 0. The second kappa shape index (κ2) is 5.33. The molecule has 7 heteroatoms. The van der Waals surface area contributed by atoms with Crippen LogP contribution in [0.4, 0.5) is 5.82 Å². The Labute approximate surface area is 124 Å². The van der Waals surface area contributed by atoms with E-state index in [1.165, 1.54) is 6.92 Å². The molecule has 0 saturated carbocycles. The molecule has 0 saturated heterocycles. The molecule has 2 heterocycles. The van der Waals surface area contributed by atoms with E-state index in [1.807, 2.05) is 24.3 Å². The Morgan fingerprint density at radius 2 is 2.05 bits per heavy atom. The molecule has 1 aromatic heterocycles. The molecule has 1 aromatic carbocycles. The smallest absolute Gasteiger partial charge is 0.222 e. The van der Waals surface area contributed by atoms with Crippen molar-refractivity contribution in [2.45, 2.75) is 18.4 Å². The van der Waals surface area contributed by atoms with Crippen LogP contribution >= 0.6 is 0 Å². The van der Waals surface area contributed by atoms with Gasteiger partial charge < -0.3 is 10.1 Å². The summed E-state index contributed by atoms with van der Waals surface area (Å²) in [7, 11) is 0.676. The number of nitrogens with zero attached hydrogens (tertiary/aromatic N) is 2. The Hall–Kier alpha value is -2.15. The number of aromatic nitrogens is 2. The van der Waals surface area contributed by atoms with E-state index in [0.717, 1.165) is 22.7 Å². The van der Waals surface area contributed by atoms with Crippen LogP contribution in [-0.4, -0.2) is 27.0 Å². The second-order valence-electron chi connectivity index (χ2n) is 4.79. The van der Waals surface area contributed by atoms with Gasteiger partial charge in [-0.3, -0.25) is 9.00 Å². The molecule has 1 N–H and O–H groups in total. The Bertz CT molecular complexity index is 722. The quantitative estimate of drug-likeness (QED) is 0.935. The molecule has 0 aliphatic carbocycles. The number of ether oxygens (including phenoxy) is 1. The molecule has 1 aliphatic heterocycles. The molecule has 0 radical (unpaired) electrons. The van der Waals surface area contributed by atoms with Crippen molar-refractivity contribution in [1.29, 1.82) is 0 Å². The number of carbonyl (C=O) groups is 1. The SMILES string of the molecule is COc1ccc(-n2nc3c(c2NC(C)=O)C[S@](=O)C3)cc1. The van der Waals surface area contributed by atoms with Gasteiger partial charge in [-0.25, -0.2) is 4.68 Å². The molecule has 1 aliphatic rings. The van der Waals surface area contributed by atoms with Gasteiger partial charge >= 0.3 is 0 Å². The van der Waals surface area contributed by atoms with Gasteiger partial charge in [0, 0.05) is 23.3 Å². The molecular formula is C14H15N3O3S. The van der Waals surface area contributed by atoms with Crippen molar-refractivity contribution in [2.75, 3.05) is 12.4 Å². The fraction of sp³-hybridized carbons (Fsp3) is 0.286. The van der Waals surface area contributed by atoms with E-state index in [0.29, 0.717) is 17.3 Å². The molecule has 0 unspecified atom stereocenters. The third-order valence-corrected chi connectivity index (χ3v) is 4.49. The Morgan fingerprint density at radius 3 is 2.67 bits per heavy atom. The highest BCUT2D eigenvalue weighted by molar-refractivity contribution is 7.83. The summed E-state index contributed by atoms with van der Waals surface area (Å²) in [4.78, 5) is 11.4. The van der Waals surface area contributed by atoms with Gasteiger partial charge in [-0.1, -0.05) is 0 Å². The predicted molar refractivity (Wildman–Crippen MR) is 80.0 cm³/mol. The average Bonchev–Trinajstić information content (AvgIpc) is 2.96. The largest absolute Gasteiger partial charge is 0.497 e. The van der Waals surface area contributed by atoms with Crippen LogP contribution in [0, 0.1) is 0 Å². The van der Waals surface area contributed by atoms with Crippen molar-refractivity contribution < 1.29 is 13.7 Å². The fourth-order valence-corrected chi connectivity index (χ4v) is 3.60. The van der Waals surface area contributed by atoms with Gasteiger partial charge in [0.25, 0.3) is 0 Å². The maximum Gasteiger partial charge on any atom is 0.222 e. The normalized spacial score (nSPS) is 16.6. The van der Waals surface area contributed by atoms with E-state index in [-0.39, 0.29) is 5.91 Å². The Morgan fingerprint density at radius 1 is 1.33 bits per heavy atom. The molecule has 0 spiro atoms. The third-order valence-electron chi connectivity index (χ3n) is 3.28. The maximum absolute atomic E-state index is 11.7. The van der Waals surface area contributed by atoms with Gasteiger partial charge in [-0.05, 0) is 24.3 Å². The topological polar surface area (TPSA) is 73.2 Å². The summed E-state index contributed by atoms with van der Waals surface area (Å²) in [6.45, 7) is 1.45. The minimum atomic E-state index is -0.930. The first-order valence-electron chi connectivity index (χ1n) is 6.46. The molecule has 110 valence electrons. The summed E-state index contributed by atoms with van der Waals surface area (Å²) in [5.41, 5.74) is 2.46. The van der Waals surface area contributed by atoms with E-state index >= 15 is 0 Å². The zero-order valence-corrected chi connectivity index (χ0v) is 12.6. The summed E-state index contributed by atoms with van der Waals surface area (Å²) < 4.78 is 18.5. The Balaban J connectivity index is 2.07. The van der Waals surface area contributed by atoms with E-state index in [9.17, 15) is 9.00 Å². The van der Waals surface area contributed by atoms with Crippen LogP contribution in [0.15, 0.2) is 24.3 Å². The van der Waals surface area contributed by atoms with Crippen LogP contribution in [0.1, 0.15) is 18.2 Å². The number of nitrogens with one attached hydrogen (secondary N) is 1. The monoisotopic (exact) mass is 305 g/mol. The van der Waals surface area contributed by atoms with E-state index in [4.69, 9.17) is 4.74 Å². The highest BCUT2D eigenvalue weighted by atomic mass is 32.2. The van der Waals surface area contributed by atoms with Gasteiger partial charge in [-0.15, -0.1) is 0 Å². The van der Waals surface area contributed by atoms with E-state index < -0.39 is 10.8 Å². The van der Waals surface area contributed by atoms with Crippen molar-refractivity contribution in [1.82, 2.24) is 9.78 Å². The highest BCUT2D eigenvalue weighted by Gasteiger charge is 2.27. The first-order chi connectivity index (χ1) is 10.1. The zero-order chi connectivity index (χ0) is 15.0. The average molecular weight is 305 g/mol. The molecule has 2 aromatic rings. The number of benzene rings is 1. The lowest BCUT2D eigenvalue weighted by Gasteiger charge is -2.10. The number of methoxy groups -OCH3 is 1. The number of hydrogen-bond donors (Lipinski definition) is 1. The number of anilines is 1. The molecule has 3 rings (SSSR count). The number of fused-ring (bicyclic) bond motifs is 1. The maximum atomic E-state index is 11.7. The molecule has 1 atom stereocenters. The molecular weight excluding hydrogens is 290 g/mol. The molecule has 0 bridgehead atoms. The van der Waals surface area contributed by atoms with Gasteiger partial charge in [-0.2, -0.15) is 5.10 Å². The predicted octanol–water partition coefficient (Wildman–Crippen LogP) is 1.60. The van der Waals surface area contributed by atoms with Crippen LogP contribution in [0.25, 0.3) is 5.69 Å². The van der Waals surface area contributed by atoms with Crippen molar-refractivity contribution >= 4 is 22.5 Å². The minimum absolute atomic E-state index is 0.176. The molecule has 0 fully saturated rings. The van der Waals surface area contributed by atoms with Gasteiger partial charge in [0.15, 0.2) is 0 Å². The second-order valence-corrected chi connectivity index (χ2v) is 6.25. The van der Waals surface area contributed by atoms with Crippen molar-refractivity contribution in [2.24, 2.45) is 0 Å². The first kappa shape index (κ1) is 13.8. The van der Waals surface area contributed by atoms with Crippen LogP contribution in [-0.2, 0) is 27.1 Å². The highest BCUT2D eigenvalue weighted by Crippen LogP contribution is 2.31. The van der Waals surface area contributed by atoms with Crippen molar-refractivity contribution in [3.05, 3.63) is 35.5 Å². The van der Waals surface area contributed by atoms with Crippen LogP contribution in [0.5, 0.6) is 5.75 Å². The standard InChI is InChI=1S/C14H15N3O3S/c1-9(18)15-14-12-7-21(19)8-13(12)16-17(14)10-3-5-11(20-2)6-4-10/h3-6H,7-8H2,1-2H3,(H,15,18)/t21-/m0/s1. The number of hydrogen-bond acceptors (Lipinski definition) is 4. The van der Waals surface area contributed by atoms with Gasteiger partial charge in [0.2, 0.25) is 5.91 Å². The molecule has 1 amide bonds. The summed E-state index contributed by atoms with van der Waals surface area (Å²) in [5.74, 6) is 2.05. The van der Waals surface area contributed by atoms with Gasteiger partial charge in [0.05, 0.1) is 30.0 Å². The summed E-state index contributed by atoms with van der Waals surface area (Å²) >= 11 is 0. The lowest BCUT2D eigenvalue weighted by molar-refractivity contribution is -0.114. The number of carbonyl (C=O) groups excluding carboxylic acids is 1. The number of amides is 1. The van der Waals surface area contributed by atoms with Crippen LogP contribution in [0.2, 0.25) is 0 Å². The minimum Gasteiger partial charge on any atom is -0.497 e. The van der Waals surface area contributed by atoms with Crippen molar-refractivity contribution in [3.8, 4) is 11.4 Å². The van der Waals surface area contributed by atoms with E-state index in [1.54, 1.807) is 11.8 Å². The molecule has 21 heavy (non-hydrogen) atoms. The van der Waals surface area contributed by atoms with Crippen molar-refractivity contribution in [3.63, 3.8) is 0 Å². The van der Waals surface area contributed by atoms with Crippen LogP contribution in [0.3, 0.4) is 0 Å². The first-order valence-corrected chi connectivity index (χ1v) is 7.95. The lowest BCUT2D eigenvalue weighted by Crippen LogP contribution is -2.13. The lowest BCUT2D eigenvalue weighted by atomic mass is 10.2. The molecule has 6 nitrogen and oxygen atoms in total. The summed E-state index contributed by atoms with van der Waals surface area (Å²) in [6, 6.07) is 7.39.